The molecule has 3 heterocycles. The number of aliphatic hydroxyl groups is 1. The minimum absolute atomic E-state index is 0.0132. The fourth-order valence-corrected chi connectivity index (χ4v) is 3.56. The maximum absolute atomic E-state index is 13.9. The van der Waals surface area contributed by atoms with Crippen LogP contribution in [0.2, 0.25) is 0 Å². The van der Waals surface area contributed by atoms with Crippen molar-refractivity contribution in [1.29, 1.82) is 0 Å². The van der Waals surface area contributed by atoms with E-state index in [1.807, 2.05) is 0 Å². The summed E-state index contributed by atoms with van der Waals surface area (Å²) in [5.74, 6) is -2.73. The number of ether oxygens (including phenoxy) is 1. The number of pyridine rings is 1. The van der Waals surface area contributed by atoms with Crippen molar-refractivity contribution in [2.45, 2.75) is 57.2 Å². The average Bonchev–Trinajstić information content (AvgIpc) is 3.02. The van der Waals surface area contributed by atoms with E-state index in [9.17, 15) is 13.9 Å². The van der Waals surface area contributed by atoms with Crippen LogP contribution in [0.3, 0.4) is 0 Å². The molecule has 25 heavy (non-hydrogen) atoms. The summed E-state index contributed by atoms with van der Waals surface area (Å²) in [7, 11) is 0. The fourth-order valence-electron chi connectivity index (χ4n) is 3.56. The second kappa shape index (κ2) is 7.93. The fraction of sp³-hybridized carbons (Fsp3) is 0.722. The van der Waals surface area contributed by atoms with Gasteiger partial charge in [-0.2, -0.15) is 8.78 Å². The second-order valence-corrected chi connectivity index (χ2v) is 7.10. The Labute approximate surface area is 147 Å². The molecule has 1 aromatic heterocycles. The monoisotopic (exact) mass is 355 g/mol. The second-order valence-electron chi connectivity index (χ2n) is 7.10. The van der Waals surface area contributed by atoms with Crippen molar-refractivity contribution >= 4 is 0 Å². The van der Waals surface area contributed by atoms with Gasteiger partial charge in [0.05, 0.1) is 6.61 Å². The van der Waals surface area contributed by atoms with E-state index in [1.54, 1.807) is 6.07 Å². The zero-order valence-electron chi connectivity index (χ0n) is 14.7. The van der Waals surface area contributed by atoms with E-state index in [2.05, 4.69) is 15.2 Å². The first-order chi connectivity index (χ1) is 12.0. The summed E-state index contributed by atoms with van der Waals surface area (Å²) in [6.45, 7) is 4.09. The van der Waals surface area contributed by atoms with Crippen LogP contribution in [-0.2, 0) is 12.5 Å². The number of rotatable bonds is 6. The zero-order chi connectivity index (χ0) is 17.9. The molecule has 0 saturated carbocycles. The van der Waals surface area contributed by atoms with Gasteiger partial charge in [0.15, 0.2) is 0 Å². The van der Waals surface area contributed by atoms with Crippen molar-refractivity contribution in [2.24, 2.45) is 0 Å². The lowest BCUT2D eigenvalue weighted by Gasteiger charge is -2.26. The summed E-state index contributed by atoms with van der Waals surface area (Å²) in [4.78, 5) is 6.19. The SMILES string of the molecule is CC(F)(F)c1cc(CN2CCCC2CO)cc(OC2CCNCC2)n1. The van der Waals surface area contributed by atoms with Gasteiger partial charge in [-0.25, -0.2) is 4.98 Å². The molecule has 7 heteroatoms. The highest BCUT2D eigenvalue weighted by Crippen LogP contribution is 2.30. The van der Waals surface area contributed by atoms with Crippen LogP contribution in [0.1, 0.15) is 43.9 Å². The van der Waals surface area contributed by atoms with E-state index in [0.717, 1.165) is 57.8 Å². The third-order valence-electron chi connectivity index (χ3n) is 4.98. The smallest absolute Gasteiger partial charge is 0.287 e. The van der Waals surface area contributed by atoms with Crippen molar-refractivity contribution in [3.63, 3.8) is 0 Å². The molecular formula is C18H27F2N3O2. The molecular weight excluding hydrogens is 328 g/mol. The first kappa shape index (κ1) is 18.5. The van der Waals surface area contributed by atoms with Gasteiger partial charge in [-0.15, -0.1) is 0 Å². The Kier molecular flexibility index (Phi) is 5.86. The molecule has 2 saturated heterocycles. The normalized spacial score (nSPS) is 23.1. The predicted octanol–water partition coefficient (Wildman–Crippen LogP) is 2.28. The Morgan fingerprint density at radius 1 is 1.32 bits per heavy atom. The van der Waals surface area contributed by atoms with Gasteiger partial charge in [0, 0.05) is 25.6 Å². The third kappa shape index (κ3) is 4.86. The van der Waals surface area contributed by atoms with Crippen molar-refractivity contribution in [3.8, 4) is 5.88 Å². The molecule has 3 rings (SSSR count). The molecule has 5 nitrogen and oxygen atoms in total. The maximum atomic E-state index is 13.9. The first-order valence-corrected chi connectivity index (χ1v) is 9.07. The number of piperidine rings is 1. The molecule has 1 unspecified atom stereocenters. The first-order valence-electron chi connectivity index (χ1n) is 9.07. The highest BCUT2D eigenvalue weighted by atomic mass is 19.3. The van der Waals surface area contributed by atoms with Gasteiger partial charge in [0.25, 0.3) is 5.92 Å². The minimum Gasteiger partial charge on any atom is -0.474 e. The summed E-state index contributed by atoms with van der Waals surface area (Å²) < 4.78 is 33.6. The number of nitrogens with one attached hydrogen (secondary N) is 1. The van der Waals surface area contributed by atoms with Crippen LogP contribution in [-0.4, -0.2) is 53.4 Å². The van der Waals surface area contributed by atoms with Gasteiger partial charge in [-0.05, 0) is 56.9 Å². The standard InChI is InChI=1S/C18H27F2N3O2/c1-18(19,20)16-9-13(11-23-8-2-3-14(23)12-24)10-17(22-16)25-15-4-6-21-7-5-15/h9-10,14-15,21,24H,2-8,11-12H2,1H3. The largest absolute Gasteiger partial charge is 0.474 e. The van der Waals surface area contributed by atoms with Gasteiger partial charge in [-0.3, -0.25) is 4.90 Å². The summed E-state index contributed by atoms with van der Waals surface area (Å²) in [6, 6.07) is 3.33. The van der Waals surface area contributed by atoms with Crippen LogP contribution < -0.4 is 10.1 Å². The highest BCUT2D eigenvalue weighted by molar-refractivity contribution is 5.27. The zero-order valence-corrected chi connectivity index (χ0v) is 14.7. The third-order valence-corrected chi connectivity index (χ3v) is 4.98. The number of nitrogens with zero attached hydrogens (tertiary/aromatic N) is 2. The number of aliphatic hydroxyl groups excluding tert-OH is 1. The Bertz CT molecular complexity index is 574. The highest BCUT2D eigenvalue weighted by Gasteiger charge is 2.29. The predicted molar refractivity (Wildman–Crippen MR) is 90.8 cm³/mol. The molecule has 2 aliphatic rings. The van der Waals surface area contributed by atoms with Crippen LogP contribution in [0, 0.1) is 0 Å². The number of halogens is 2. The van der Waals surface area contributed by atoms with Crippen molar-refractivity contribution in [2.75, 3.05) is 26.2 Å². The van der Waals surface area contributed by atoms with E-state index >= 15 is 0 Å². The van der Waals surface area contributed by atoms with Crippen LogP contribution in [0.4, 0.5) is 8.78 Å². The summed E-state index contributed by atoms with van der Waals surface area (Å²) in [6.07, 6.45) is 3.67. The van der Waals surface area contributed by atoms with Crippen molar-refractivity contribution in [1.82, 2.24) is 15.2 Å². The van der Waals surface area contributed by atoms with Gasteiger partial charge in [0.2, 0.25) is 5.88 Å². The number of alkyl halides is 2. The van der Waals surface area contributed by atoms with Crippen LogP contribution in [0.25, 0.3) is 0 Å². The molecule has 0 bridgehead atoms. The molecule has 2 aliphatic heterocycles. The average molecular weight is 355 g/mol. The molecule has 0 aliphatic carbocycles. The Morgan fingerprint density at radius 3 is 2.76 bits per heavy atom. The number of likely N-dealkylation sites (tertiary alicyclic amines) is 1. The maximum Gasteiger partial charge on any atom is 0.287 e. The molecule has 0 spiro atoms. The molecule has 0 aromatic carbocycles. The summed E-state index contributed by atoms with van der Waals surface area (Å²) in [5.41, 5.74) is 0.504. The van der Waals surface area contributed by atoms with Crippen molar-refractivity contribution in [3.05, 3.63) is 23.4 Å². The number of hydrogen-bond donors (Lipinski definition) is 2. The summed E-state index contributed by atoms with van der Waals surface area (Å²) in [5, 5.41) is 12.7. The van der Waals surface area contributed by atoms with Crippen LogP contribution in [0.5, 0.6) is 5.88 Å². The van der Waals surface area contributed by atoms with Gasteiger partial charge >= 0.3 is 0 Å². The van der Waals surface area contributed by atoms with Gasteiger partial charge < -0.3 is 15.2 Å². The molecule has 1 atom stereocenters. The lowest BCUT2D eigenvalue weighted by atomic mass is 10.1. The lowest BCUT2D eigenvalue weighted by molar-refractivity contribution is 0.0114. The Hall–Kier alpha value is -1.31. The molecule has 0 radical (unpaired) electrons. The minimum atomic E-state index is -3.01. The molecule has 140 valence electrons. The van der Waals surface area contributed by atoms with E-state index in [-0.39, 0.29) is 30.3 Å². The van der Waals surface area contributed by atoms with Gasteiger partial charge in [-0.1, -0.05) is 0 Å². The van der Waals surface area contributed by atoms with E-state index < -0.39 is 5.92 Å². The quantitative estimate of drug-likeness (QED) is 0.820. The van der Waals surface area contributed by atoms with Crippen LogP contribution >= 0.6 is 0 Å². The number of aromatic nitrogens is 1. The van der Waals surface area contributed by atoms with Gasteiger partial charge in [0.1, 0.15) is 11.8 Å². The van der Waals surface area contributed by atoms with E-state index in [0.29, 0.717) is 6.54 Å². The topological polar surface area (TPSA) is 57.6 Å². The molecule has 2 fully saturated rings. The van der Waals surface area contributed by atoms with Crippen molar-refractivity contribution < 1.29 is 18.6 Å². The lowest BCUT2D eigenvalue weighted by Crippen LogP contribution is -2.34. The van der Waals surface area contributed by atoms with E-state index in [1.165, 1.54) is 6.07 Å². The van der Waals surface area contributed by atoms with Crippen LogP contribution in [0.15, 0.2) is 12.1 Å². The molecule has 1 aromatic rings. The summed E-state index contributed by atoms with van der Waals surface area (Å²) >= 11 is 0. The Balaban J connectivity index is 1.79. The Morgan fingerprint density at radius 2 is 2.08 bits per heavy atom. The van der Waals surface area contributed by atoms with E-state index in [4.69, 9.17) is 4.74 Å². The number of hydrogen-bond acceptors (Lipinski definition) is 5. The molecule has 0 amide bonds. The molecule has 2 N–H and O–H groups in total.